The first-order chi connectivity index (χ1) is 12.0. The highest BCUT2D eigenvalue weighted by molar-refractivity contribution is 7.80. The number of hydrogen-bond acceptors (Lipinski definition) is 2. The number of aryl methyl sites for hydroxylation is 3. The minimum atomic E-state index is 0.110. The van der Waals surface area contributed by atoms with E-state index < -0.39 is 0 Å². The van der Waals surface area contributed by atoms with Crippen molar-refractivity contribution in [2.75, 3.05) is 5.32 Å². The minimum Gasteiger partial charge on any atom is -0.357 e. The first-order valence-corrected chi connectivity index (χ1v) is 9.53. The van der Waals surface area contributed by atoms with Crippen LogP contribution in [0.15, 0.2) is 42.6 Å². The molecule has 0 saturated heterocycles. The average molecular weight is 354 g/mol. The van der Waals surface area contributed by atoms with Gasteiger partial charge in [0, 0.05) is 11.7 Å². The molecule has 1 saturated carbocycles. The van der Waals surface area contributed by atoms with Crippen LogP contribution in [0.1, 0.15) is 48.8 Å². The number of hydrogen-bond donors (Lipinski definition) is 2. The molecule has 1 heterocycles. The van der Waals surface area contributed by atoms with Crippen molar-refractivity contribution in [1.82, 2.24) is 10.3 Å². The predicted molar refractivity (Wildman–Crippen MR) is 109 cm³/mol. The van der Waals surface area contributed by atoms with Gasteiger partial charge in [-0.1, -0.05) is 48.7 Å². The second-order valence-corrected chi connectivity index (χ2v) is 7.68. The van der Waals surface area contributed by atoms with Crippen molar-refractivity contribution in [3.05, 3.63) is 59.3 Å². The van der Waals surface area contributed by atoms with E-state index in [-0.39, 0.29) is 5.54 Å². The Morgan fingerprint density at radius 1 is 1.12 bits per heavy atom. The largest absolute Gasteiger partial charge is 0.357 e. The molecule has 2 aromatic rings. The molecule has 0 radical (unpaired) electrons. The van der Waals surface area contributed by atoms with Gasteiger partial charge in [-0.2, -0.15) is 0 Å². The van der Waals surface area contributed by atoms with Crippen molar-refractivity contribution in [3.63, 3.8) is 0 Å². The third-order valence-electron chi connectivity index (χ3n) is 5.07. The van der Waals surface area contributed by atoms with Gasteiger partial charge in [0.2, 0.25) is 0 Å². The number of aromatic nitrogens is 1. The van der Waals surface area contributed by atoms with E-state index in [2.05, 4.69) is 46.8 Å². The average Bonchev–Trinajstić information content (AvgIpc) is 3.04. The van der Waals surface area contributed by atoms with Gasteiger partial charge in [-0.05, 0) is 68.9 Å². The summed E-state index contributed by atoms with van der Waals surface area (Å²) in [5.74, 6) is 0.801. The fourth-order valence-electron chi connectivity index (χ4n) is 3.67. The highest BCUT2D eigenvalue weighted by Crippen LogP contribution is 2.34. The van der Waals surface area contributed by atoms with E-state index in [4.69, 9.17) is 12.2 Å². The highest BCUT2D eigenvalue weighted by atomic mass is 32.1. The second kappa shape index (κ2) is 7.96. The molecule has 1 aliphatic carbocycles. The van der Waals surface area contributed by atoms with Crippen molar-refractivity contribution in [3.8, 4) is 0 Å². The first kappa shape index (κ1) is 17.9. The SMILES string of the molecule is Cc1ccc(NC(=S)NC2(CCc3cccc(C)c3)CCCC2)nc1. The normalized spacial score (nSPS) is 15.8. The van der Waals surface area contributed by atoms with Gasteiger partial charge in [0.1, 0.15) is 5.82 Å². The van der Waals surface area contributed by atoms with E-state index in [0.717, 1.165) is 24.2 Å². The van der Waals surface area contributed by atoms with Gasteiger partial charge in [-0.15, -0.1) is 0 Å². The molecule has 1 aromatic heterocycles. The summed E-state index contributed by atoms with van der Waals surface area (Å²) >= 11 is 5.57. The van der Waals surface area contributed by atoms with Gasteiger partial charge in [-0.25, -0.2) is 4.98 Å². The Balaban J connectivity index is 1.61. The lowest BCUT2D eigenvalue weighted by molar-refractivity contribution is 0.362. The molecule has 1 fully saturated rings. The molecule has 0 bridgehead atoms. The lowest BCUT2D eigenvalue weighted by atomic mass is 9.89. The number of nitrogens with one attached hydrogen (secondary N) is 2. The van der Waals surface area contributed by atoms with Gasteiger partial charge in [0.15, 0.2) is 5.11 Å². The maximum absolute atomic E-state index is 5.57. The van der Waals surface area contributed by atoms with Crippen LogP contribution in [0.2, 0.25) is 0 Å². The molecule has 0 atom stereocenters. The minimum absolute atomic E-state index is 0.110. The molecule has 1 aromatic carbocycles. The third kappa shape index (κ3) is 5.02. The van der Waals surface area contributed by atoms with Crippen LogP contribution in [0.4, 0.5) is 5.82 Å². The second-order valence-electron chi connectivity index (χ2n) is 7.28. The lowest BCUT2D eigenvalue weighted by Gasteiger charge is -2.32. The molecule has 3 nitrogen and oxygen atoms in total. The van der Waals surface area contributed by atoms with E-state index in [0.29, 0.717) is 5.11 Å². The number of thiocarbonyl (C=S) groups is 1. The van der Waals surface area contributed by atoms with Gasteiger partial charge in [0.25, 0.3) is 0 Å². The zero-order chi connectivity index (χ0) is 17.7. The smallest absolute Gasteiger partial charge is 0.172 e. The van der Waals surface area contributed by atoms with Crippen LogP contribution < -0.4 is 10.6 Å². The molecule has 3 rings (SSSR count). The standard InChI is InChI=1S/C21H27N3S/c1-16-6-5-7-18(14-16)10-13-21(11-3-4-12-21)24-20(25)23-19-9-8-17(2)15-22-19/h5-9,14-15H,3-4,10-13H2,1-2H3,(H2,22,23,24,25). The lowest BCUT2D eigenvalue weighted by Crippen LogP contribution is -2.48. The fourth-order valence-corrected chi connectivity index (χ4v) is 3.99. The molecule has 0 amide bonds. The Labute approximate surface area is 156 Å². The number of benzene rings is 1. The summed E-state index contributed by atoms with van der Waals surface area (Å²) in [4.78, 5) is 4.38. The fraction of sp³-hybridized carbons (Fsp3) is 0.429. The van der Waals surface area contributed by atoms with E-state index in [1.165, 1.54) is 36.8 Å². The Kier molecular flexibility index (Phi) is 5.69. The van der Waals surface area contributed by atoms with Crippen LogP contribution in [-0.4, -0.2) is 15.6 Å². The summed E-state index contributed by atoms with van der Waals surface area (Å²) in [5.41, 5.74) is 3.99. The Hall–Kier alpha value is -1.94. The molecule has 132 valence electrons. The van der Waals surface area contributed by atoms with Crippen molar-refractivity contribution >= 4 is 23.1 Å². The summed E-state index contributed by atoms with van der Waals surface area (Å²) in [7, 11) is 0. The Bertz CT molecular complexity index is 718. The van der Waals surface area contributed by atoms with E-state index >= 15 is 0 Å². The molecular weight excluding hydrogens is 326 g/mol. The van der Waals surface area contributed by atoms with Crippen LogP contribution in [-0.2, 0) is 6.42 Å². The first-order valence-electron chi connectivity index (χ1n) is 9.12. The van der Waals surface area contributed by atoms with Gasteiger partial charge in [-0.3, -0.25) is 0 Å². The molecule has 1 aliphatic rings. The monoisotopic (exact) mass is 353 g/mol. The summed E-state index contributed by atoms with van der Waals surface area (Å²) in [6, 6.07) is 12.8. The van der Waals surface area contributed by atoms with Gasteiger partial charge < -0.3 is 10.6 Å². The molecule has 0 unspecified atom stereocenters. The third-order valence-corrected chi connectivity index (χ3v) is 5.27. The molecular formula is C21H27N3S. The molecule has 0 spiro atoms. The van der Waals surface area contributed by atoms with Gasteiger partial charge in [0.05, 0.1) is 0 Å². The zero-order valence-corrected chi connectivity index (χ0v) is 16.0. The molecule has 25 heavy (non-hydrogen) atoms. The zero-order valence-electron chi connectivity index (χ0n) is 15.1. The topological polar surface area (TPSA) is 37.0 Å². The molecule has 2 N–H and O–H groups in total. The summed E-state index contributed by atoms with van der Waals surface area (Å²) in [6.07, 6.45) is 8.95. The highest BCUT2D eigenvalue weighted by Gasteiger charge is 2.34. The summed E-state index contributed by atoms with van der Waals surface area (Å²) < 4.78 is 0. The van der Waals surface area contributed by atoms with Crippen molar-refractivity contribution in [1.29, 1.82) is 0 Å². The van der Waals surface area contributed by atoms with Crippen LogP contribution in [0.25, 0.3) is 0 Å². The van der Waals surface area contributed by atoms with Crippen LogP contribution >= 0.6 is 12.2 Å². The quantitative estimate of drug-likeness (QED) is 0.747. The van der Waals surface area contributed by atoms with Crippen LogP contribution in [0.3, 0.4) is 0 Å². The van der Waals surface area contributed by atoms with E-state index in [1.807, 2.05) is 25.3 Å². The predicted octanol–water partition coefficient (Wildman–Crippen LogP) is 4.93. The number of rotatable bonds is 5. The maximum Gasteiger partial charge on any atom is 0.172 e. The number of anilines is 1. The van der Waals surface area contributed by atoms with Crippen LogP contribution in [0.5, 0.6) is 0 Å². The molecule has 0 aliphatic heterocycles. The summed E-state index contributed by atoms with van der Waals surface area (Å²) in [6.45, 7) is 4.19. The van der Waals surface area contributed by atoms with Gasteiger partial charge >= 0.3 is 0 Å². The maximum atomic E-state index is 5.57. The van der Waals surface area contributed by atoms with Crippen molar-refractivity contribution in [2.45, 2.75) is 57.9 Å². The van der Waals surface area contributed by atoms with Crippen molar-refractivity contribution < 1.29 is 0 Å². The Morgan fingerprint density at radius 2 is 1.92 bits per heavy atom. The number of nitrogens with zero attached hydrogens (tertiary/aromatic N) is 1. The molecule has 4 heteroatoms. The van der Waals surface area contributed by atoms with E-state index in [9.17, 15) is 0 Å². The van der Waals surface area contributed by atoms with Crippen molar-refractivity contribution in [2.24, 2.45) is 0 Å². The number of pyridine rings is 1. The van der Waals surface area contributed by atoms with Crippen LogP contribution in [0, 0.1) is 13.8 Å². The van der Waals surface area contributed by atoms with E-state index in [1.54, 1.807) is 0 Å². The Morgan fingerprint density at radius 3 is 2.60 bits per heavy atom. The summed E-state index contributed by atoms with van der Waals surface area (Å²) in [5, 5.41) is 7.54.